The maximum Gasteiger partial charge on any atom is 0.419 e. The summed E-state index contributed by atoms with van der Waals surface area (Å²) < 4.78 is 9.92. The average Bonchev–Trinajstić information content (AvgIpc) is 2.60. The molecule has 0 saturated heterocycles. The molecule has 0 N–H and O–H groups in total. The molecule has 3 atom stereocenters. The number of hydrogen-bond acceptors (Lipinski definition) is 3. The van der Waals surface area contributed by atoms with Gasteiger partial charge in [-0.25, -0.2) is 4.79 Å². The molecule has 2 bridgehead atoms. The van der Waals surface area contributed by atoms with Crippen LogP contribution in [0.25, 0.3) is 0 Å². The van der Waals surface area contributed by atoms with E-state index in [0.717, 1.165) is 12.3 Å². The van der Waals surface area contributed by atoms with Crippen LogP contribution in [0.15, 0.2) is 0 Å². The lowest BCUT2D eigenvalue weighted by molar-refractivity contribution is -0.0883. The molecule has 0 aromatic carbocycles. The van der Waals surface area contributed by atoms with E-state index in [1.54, 1.807) is 0 Å². The van der Waals surface area contributed by atoms with Gasteiger partial charge in [-0.15, -0.1) is 0 Å². The zero-order valence-corrected chi connectivity index (χ0v) is 7.91. The van der Waals surface area contributed by atoms with Gasteiger partial charge in [0, 0.05) is 0 Å². The number of hydrogen-bond donors (Lipinski definition) is 0. The van der Waals surface area contributed by atoms with E-state index < -0.39 is 0 Å². The minimum Gasteiger partial charge on any atom is -0.430 e. The van der Waals surface area contributed by atoms with Crippen LogP contribution in [0.1, 0.15) is 32.6 Å². The SMILES string of the molecule is CC12CCC(CC1OCO[C]=O)C2. The summed E-state index contributed by atoms with van der Waals surface area (Å²) in [7, 11) is 0. The maximum atomic E-state index is 9.79. The predicted octanol–water partition coefficient (Wildman–Crippen LogP) is 1.62. The lowest BCUT2D eigenvalue weighted by Gasteiger charge is -2.30. The molecular weight excluding hydrogens is 168 g/mol. The summed E-state index contributed by atoms with van der Waals surface area (Å²) in [5.74, 6) is 0.843. The number of fused-ring (bicyclic) bond motifs is 2. The van der Waals surface area contributed by atoms with E-state index in [9.17, 15) is 4.79 Å². The molecule has 2 rings (SSSR count). The van der Waals surface area contributed by atoms with Crippen molar-refractivity contribution in [3.63, 3.8) is 0 Å². The minimum atomic E-state index is 0.0659. The molecule has 0 aromatic rings. The molecule has 0 heterocycles. The molecule has 2 aliphatic carbocycles. The third-order valence-corrected chi connectivity index (χ3v) is 3.59. The molecular formula is C10H15O3. The highest BCUT2D eigenvalue weighted by atomic mass is 16.7. The molecule has 3 nitrogen and oxygen atoms in total. The first-order valence-electron chi connectivity index (χ1n) is 4.85. The zero-order valence-electron chi connectivity index (χ0n) is 7.91. The Morgan fingerprint density at radius 1 is 1.62 bits per heavy atom. The van der Waals surface area contributed by atoms with Gasteiger partial charge < -0.3 is 9.47 Å². The van der Waals surface area contributed by atoms with E-state index in [1.165, 1.54) is 25.7 Å². The molecule has 13 heavy (non-hydrogen) atoms. The fraction of sp³-hybridized carbons (Fsp3) is 0.900. The van der Waals surface area contributed by atoms with Crippen molar-refractivity contribution in [2.24, 2.45) is 11.3 Å². The molecule has 0 amide bonds. The van der Waals surface area contributed by atoms with Gasteiger partial charge in [0.1, 0.15) is 0 Å². The van der Waals surface area contributed by atoms with Gasteiger partial charge in [0.25, 0.3) is 0 Å². The Labute approximate surface area is 78.4 Å². The van der Waals surface area contributed by atoms with Gasteiger partial charge in [-0.2, -0.15) is 0 Å². The minimum absolute atomic E-state index is 0.0659. The fourth-order valence-corrected chi connectivity index (χ4v) is 2.89. The van der Waals surface area contributed by atoms with Gasteiger partial charge in [0.2, 0.25) is 0 Å². The monoisotopic (exact) mass is 183 g/mol. The highest BCUT2D eigenvalue weighted by Gasteiger charge is 2.49. The van der Waals surface area contributed by atoms with Gasteiger partial charge in [0.05, 0.1) is 6.10 Å². The van der Waals surface area contributed by atoms with Crippen LogP contribution >= 0.6 is 0 Å². The van der Waals surface area contributed by atoms with Crippen LogP contribution in [0.3, 0.4) is 0 Å². The Morgan fingerprint density at radius 3 is 3.00 bits per heavy atom. The lowest BCUT2D eigenvalue weighted by atomic mass is 9.84. The zero-order chi connectivity index (χ0) is 9.31. The molecule has 3 heteroatoms. The molecule has 3 unspecified atom stereocenters. The Hall–Kier alpha value is -0.570. The molecule has 0 spiro atoms. The molecule has 2 aliphatic rings. The predicted molar refractivity (Wildman–Crippen MR) is 46.6 cm³/mol. The van der Waals surface area contributed by atoms with Crippen LogP contribution in [-0.2, 0) is 14.3 Å². The van der Waals surface area contributed by atoms with Crippen LogP contribution in [0.4, 0.5) is 0 Å². The standard InChI is InChI=1S/C10H15O3/c1-10-3-2-8(5-10)4-9(10)13-7-12-6-11/h8-9H,2-5,7H2,1H3. The summed E-state index contributed by atoms with van der Waals surface area (Å²) >= 11 is 0. The summed E-state index contributed by atoms with van der Waals surface area (Å²) in [6.45, 7) is 3.71. The van der Waals surface area contributed by atoms with Crippen molar-refractivity contribution < 1.29 is 14.3 Å². The second-order valence-corrected chi connectivity index (χ2v) is 4.50. The maximum absolute atomic E-state index is 9.79. The van der Waals surface area contributed by atoms with Crippen LogP contribution < -0.4 is 0 Å². The first-order valence-corrected chi connectivity index (χ1v) is 4.85. The first-order chi connectivity index (χ1) is 6.24. The smallest absolute Gasteiger partial charge is 0.419 e. The van der Waals surface area contributed by atoms with E-state index in [1.807, 2.05) is 0 Å². The molecule has 2 fully saturated rings. The first kappa shape index (κ1) is 9.00. The van der Waals surface area contributed by atoms with Crippen LogP contribution in [-0.4, -0.2) is 19.4 Å². The Kier molecular flexibility index (Phi) is 2.28. The number of carbonyl (C=O) groups excluding carboxylic acids is 1. The Bertz CT molecular complexity index is 204. The Morgan fingerprint density at radius 2 is 2.46 bits per heavy atom. The Balaban J connectivity index is 1.84. The number of ether oxygens (including phenoxy) is 2. The third kappa shape index (κ3) is 1.57. The van der Waals surface area contributed by atoms with Crippen molar-refractivity contribution in [2.45, 2.75) is 38.7 Å². The van der Waals surface area contributed by atoms with Crippen LogP contribution in [0, 0.1) is 11.3 Å². The second kappa shape index (κ2) is 3.29. The lowest BCUT2D eigenvalue weighted by Crippen LogP contribution is -2.30. The highest BCUT2D eigenvalue weighted by molar-refractivity contribution is 5.37. The van der Waals surface area contributed by atoms with Crippen molar-refractivity contribution in [1.29, 1.82) is 0 Å². The quantitative estimate of drug-likeness (QED) is 0.491. The molecule has 0 aliphatic heterocycles. The van der Waals surface area contributed by atoms with E-state index in [0.29, 0.717) is 11.5 Å². The summed E-state index contributed by atoms with van der Waals surface area (Å²) in [5.41, 5.74) is 0.344. The summed E-state index contributed by atoms with van der Waals surface area (Å²) in [5, 5.41) is 0. The van der Waals surface area contributed by atoms with Crippen molar-refractivity contribution >= 4 is 6.47 Å². The normalized spacial score (nSPS) is 42.2. The largest absolute Gasteiger partial charge is 0.430 e. The van der Waals surface area contributed by atoms with E-state index >= 15 is 0 Å². The van der Waals surface area contributed by atoms with Crippen LogP contribution in [0.5, 0.6) is 0 Å². The van der Waals surface area contributed by atoms with Gasteiger partial charge in [-0.05, 0) is 37.0 Å². The molecule has 73 valence electrons. The second-order valence-electron chi connectivity index (χ2n) is 4.50. The van der Waals surface area contributed by atoms with Crippen molar-refractivity contribution in [3.8, 4) is 0 Å². The fourth-order valence-electron chi connectivity index (χ4n) is 2.89. The van der Waals surface area contributed by atoms with Gasteiger partial charge in [-0.1, -0.05) is 6.92 Å². The molecule has 0 aromatic heterocycles. The van der Waals surface area contributed by atoms with Gasteiger partial charge >= 0.3 is 6.47 Å². The van der Waals surface area contributed by atoms with E-state index in [2.05, 4.69) is 11.7 Å². The third-order valence-electron chi connectivity index (χ3n) is 3.59. The highest BCUT2D eigenvalue weighted by Crippen LogP contribution is 2.54. The number of rotatable bonds is 4. The summed E-state index contributed by atoms with van der Waals surface area (Å²) in [4.78, 5) is 9.79. The molecule has 2 saturated carbocycles. The molecule has 1 radical (unpaired) electrons. The van der Waals surface area contributed by atoms with Crippen molar-refractivity contribution in [3.05, 3.63) is 0 Å². The summed E-state index contributed by atoms with van der Waals surface area (Å²) in [6.07, 6.45) is 5.31. The van der Waals surface area contributed by atoms with E-state index in [4.69, 9.17) is 4.74 Å². The topological polar surface area (TPSA) is 35.5 Å². The van der Waals surface area contributed by atoms with Gasteiger partial charge in [0.15, 0.2) is 6.79 Å². The van der Waals surface area contributed by atoms with E-state index in [-0.39, 0.29) is 6.79 Å². The van der Waals surface area contributed by atoms with Gasteiger partial charge in [-0.3, -0.25) is 0 Å². The van der Waals surface area contributed by atoms with Crippen molar-refractivity contribution in [1.82, 2.24) is 0 Å². The summed E-state index contributed by atoms with van der Waals surface area (Å²) in [6, 6.07) is 0. The average molecular weight is 183 g/mol. The van der Waals surface area contributed by atoms with Crippen molar-refractivity contribution in [2.75, 3.05) is 6.79 Å². The van der Waals surface area contributed by atoms with Crippen LogP contribution in [0.2, 0.25) is 0 Å².